The predicted molar refractivity (Wildman–Crippen MR) is 177 cm³/mol. The molecular weight excluding hydrogens is 552 g/mol. The van der Waals surface area contributed by atoms with E-state index in [-0.39, 0.29) is 11.5 Å². The predicted octanol–water partition coefficient (Wildman–Crippen LogP) is 3.85. The van der Waals surface area contributed by atoms with Crippen LogP contribution in [0.4, 0.5) is 17.3 Å². The van der Waals surface area contributed by atoms with Crippen molar-refractivity contribution in [1.29, 1.82) is 0 Å². The van der Waals surface area contributed by atoms with Crippen molar-refractivity contribution in [3.05, 3.63) is 76.7 Å². The fourth-order valence-electron chi connectivity index (χ4n) is 6.14. The highest BCUT2D eigenvalue weighted by Gasteiger charge is 2.25. The molecule has 0 bridgehead atoms. The number of likely N-dealkylation sites (tertiary alicyclic amines) is 1. The van der Waals surface area contributed by atoms with Gasteiger partial charge in [-0.2, -0.15) is 4.98 Å². The van der Waals surface area contributed by atoms with Crippen molar-refractivity contribution in [1.82, 2.24) is 29.2 Å². The second-order valence-electron chi connectivity index (χ2n) is 12.3. The third kappa shape index (κ3) is 6.46. The molecule has 0 aliphatic carbocycles. The molecule has 2 aliphatic heterocycles. The molecule has 1 amide bonds. The highest BCUT2D eigenvalue weighted by molar-refractivity contribution is 5.82. The van der Waals surface area contributed by atoms with Crippen molar-refractivity contribution in [2.45, 2.75) is 25.8 Å². The summed E-state index contributed by atoms with van der Waals surface area (Å²) in [6.07, 6.45) is 2.75. The van der Waals surface area contributed by atoms with Gasteiger partial charge in [0.2, 0.25) is 11.9 Å². The molecule has 2 aromatic carbocycles. The maximum absolute atomic E-state index is 13.9. The maximum atomic E-state index is 13.9. The molecule has 2 fully saturated rings. The molecule has 2 aliphatic rings. The third-order valence-electron chi connectivity index (χ3n) is 8.92. The Morgan fingerprint density at radius 3 is 2.39 bits per heavy atom. The van der Waals surface area contributed by atoms with Crippen LogP contribution in [0, 0.1) is 0 Å². The summed E-state index contributed by atoms with van der Waals surface area (Å²) in [6, 6.07) is 18.5. The first-order valence-corrected chi connectivity index (χ1v) is 15.5. The van der Waals surface area contributed by atoms with Gasteiger partial charge in [-0.15, -0.1) is 0 Å². The average molecular weight is 595 g/mol. The van der Waals surface area contributed by atoms with Crippen LogP contribution < -0.4 is 15.8 Å². The summed E-state index contributed by atoms with van der Waals surface area (Å²) in [7, 11) is 6.16. The highest BCUT2D eigenvalue weighted by Crippen LogP contribution is 2.30. The number of nitrogens with zero attached hydrogens (tertiary/aromatic N) is 7. The summed E-state index contributed by atoms with van der Waals surface area (Å²) < 4.78 is 1.77. The van der Waals surface area contributed by atoms with E-state index < -0.39 is 0 Å². The number of carbonyl (C=O) groups is 1. The summed E-state index contributed by atoms with van der Waals surface area (Å²) >= 11 is 0. The van der Waals surface area contributed by atoms with Crippen LogP contribution in [0.1, 0.15) is 24.8 Å². The zero-order valence-corrected chi connectivity index (χ0v) is 26.2. The minimum atomic E-state index is -0.0723. The number of likely N-dealkylation sites (N-methyl/N-ethyl adjacent to an activating group) is 2. The molecule has 1 unspecified atom stereocenters. The molecule has 1 atom stereocenters. The number of nitrogens with one attached hydrogen (secondary N) is 1. The van der Waals surface area contributed by atoms with Gasteiger partial charge in [0, 0.05) is 93.7 Å². The van der Waals surface area contributed by atoms with Gasteiger partial charge in [0.15, 0.2) is 0 Å². The fourth-order valence-corrected chi connectivity index (χ4v) is 6.14. The number of anilines is 3. The number of pyridine rings is 1. The first kappa shape index (κ1) is 29.8. The third-order valence-corrected chi connectivity index (χ3v) is 8.92. The van der Waals surface area contributed by atoms with Gasteiger partial charge in [0.05, 0.1) is 0 Å². The Kier molecular flexibility index (Phi) is 8.63. The Morgan fingerprint density at radius 2 is 1.73 bits per heavy atom. The number of hydrogen-bond acceptors (Lipinski definition) is 8. The maximum Gasteiger partial charge on any atom is 0.260 e. The first-order chi connectivity index (χ1) is 21.2. The Balaban J connectivity index is 1.26. The van der Waals surface area contributed by atoms with Crippen molar-refractivity contribution >= 4 is 34.3 Å². The van der Waals surface area contributed by atoms with Crippen molar-refractivity contribution < 1.29 is 4.79 Å². The fraction of sp³-hybridized carbons (Fsp3) is 0.412. The molecule has 4 aromatic rings. The molecule has 10 nitrogen and oxygen atoms in total. The second kappa shape index (κ2) is 12.8. The van der Waals surface area contributed by atoms with Crippen molar-refractivity contribution in [3.8, 4) is 11.1 Å². The van der Waals surface area contributed by atoms with E-state index in [9.17, 15) is 9.59 Å². The molecule has 2 saturated heterocycles. The van der Waals surface area contributed by atoms with Gasteiger partial charge in [-0.1, -0.05) is 24.3 Å². The van der Waals surface area contributed by atoms with Crippen LogP contribution in [0.3, 0.4) is 0 Å². The monoisotopic (exact) mass is 594 g/mol. The SMILES string of the molecule is CC(=O)N1CCC(c2ccc(-c3cc4cnc(Nc5ccc(N6CCN(C)CC6)cc5)nc4n(CCN(C)C)c3=O)cc2)C1. The van der Waals surface area contributed by atoms with Crippen molar-refractivity contribution in [3.63, 3.8) is 0 Å². The molecule has 10 heteroatoms. The lowest BCUT2D eigenvalue weighted by molar-refractivity contribution is -0.127. The zero-order valence-electron chi connectivity index (χ0n) is 26.2. The van der Waals surface area contributed by atoms with E-state index in [1.807, 2.05) is 37.2 Å². The van der Waals surface area contributed by atoms with Gasteiger partial charge in [-0.05, 0) is 69.0 Å². The van der Waals surface area contributed by atoms with Crippen molar-refractivity contribution in [2.24, 2.45) is 0 Å². The number of hydrogen-bond donors (Lipinski definition) is 1. The molecule has 4 heterocycles. The molecule has 6 rings (SSSR count). The highest BCUT2D eigenvalue weighted by atomic mass is 16.2. The number of carbonyl (C=O) groups excluding carboxylic acids is 1. The molecule has 44 heavy (non-hydrogen) atoms. The minimum Gasteiger partial charge on any atom is -0.369 e. The molecule has 0 radical (unpaired) electrons. The number of fused-ring (bicyclic) bond motifs is 1. The van der Waals surface area contributed by atoms with E-state index in [2.05, 4.69) is 68.4 Å². The Bertz CT molecular complexity index is 1680. The van der Waals surface area contributed by atoms with Gasteiger partial charge < -0.3 is 24.9 Å². The molecule has 230 valence electrons. The number of aromatic nitrogens is 3. The van der Waals surface area contributed by atoms with Crippen LogP contribution in [-0.2, 0) is 11.3 Å². The summed E-state index contributed by atoms with van der Waals surface area (Å²) in [4.78, 5) is 43.9. The van der Waals surface area contributed by atoms with Gasteiger partial charge in [0.25, 0.3) is 5.56 Å². The zero-order chi connectivity index (χ0) is 30.8. The lowest BCUT2D eigenvalue weighted by Gasteiger charge is -2.34. The first-order valence-electron chi connectivity index (χ1n) is 15.5. The number of amides is 1. The largest absolute Gasteiger partial charge is 0.369 e. The summed E-state index contributed by atoms with van der Waals surface area (Å²) in [6.45, 7) is 8.55. The van der Waals surface area contributed by atoms with Gasteiger partial charge in [-0.25, -0.2) is 4.98 Å². The Labute approximate surface area is 258 Å². The summed E-state index contributed by atoms with van der Waals surface area (Å²) in [5.41, 5.74) is 5.33. The molecule has 1 N–H and O–H groups in total. The molecular formula is C34H42N8O2. The van der Waals surface area contributed by atoms with E-state index in [4.69, 9.17) is 4.98 Å². The second-order valence-corrected chi connectivity index (χ2v) is 12.3. The van der Waals surface area contributed by atoms with Crippen LogP contribution in [0.5, 0.6) is 0 Å². The van der Waals surface area contributed by atoms with E-state index in [1.54, 1.807) is 17.7 Å². The van der Waals surface area contributed by atoms with E-state index in [1.165, 1.54) is 11.3 Å². The normalized spacial score (nSPS) is 17.5. The topological polar surface area (TPSA) is 89.8 Å². The standard InChI is InChI=1S/C34H42N8O2/c1-24(43)41-14-13-27(23-41)25-5-7-26(8-6-25)31-21-28-22-35-34(37-32(28)42(33(31)44)20-15-38(2)3)36-29-9-11-30(12-10-29)40-18-16-39(4)17-19-40/h5-12,21-22,27H,13-20,23H2,1-4H3,(H,35,36,37). The molecule has 0 saturated carbocycles. The van der Waals surface area contributed by atoms with E-state index >= 15 is 0 Å². The van der Waals surface area contributed by atoms with Crippen LogP contribution in [-0.4, -0.2) is 102 Å². The molecule has 0 spiro atoms. The number of rotatable bonds is 8. The lowest BCUT2D eigenvalue weighted by atomic mass is 9.96. The van der Waals surface area contributed by atoms with E-state index in [0.717, 1.165) is 62.3 Å². The average Bonchev–Trinajstić information content (AvgIpc) is 3.52. The Hall–Kier alpha value is -4.28. The number of benzene rings is 2. The van der Waals surface area contributed by atoms with Crippen molar-refractivity contribution in [2.75, 3.05) is 77.2 Å². The van der Waals surface area contributed by atoms with E-state index in [0.29, 0.717) is 36.2 Å². The summed E-state index contributed by atoms with van der Waals surface area (Å²) in [5, 5.41) is 4.15. The quantitative estimate of drug-likeness (QED) is 0.329. The Morgan fingerprint density at radius 1 is 1.00 bits per heavy atom. The minimum absolute atomic E-state index is 0.0723. The van der Waals surface area contributed by atoms with Gasteiger partial charge >= 0.3 is 0 Å². The smallest absolute Gasteiger partial charge is 0.260 e. The summed E-state index contributed by atoms with van der Waals surface area (Å²) in [5.74, 6) is 0.901. The van der Waals surface area contributed by atoms with Gasteiger partial charge in [-0.3, -0.25) is 14.2 Å². The number of piperazine rings is 1. The van der Waals surface area contributed by atoms with Crippen LogP contribution in [0.15, 0.2) is 65.6 Å². The lowest BCUT2D eigenvalue weighted by Crippen LogP contribution is -2.44. The van der Waals surface area contributed by atoms with Crippen LogP contribution in [0.25, 0.3) is 22.2 Å². The van der Waals surface area contributed by atoms with Crippen LogP contribution >= 0.6 is 0 Å². The van der Waals surface area contributed by atoms with Gasteiger partial charge in [0.1, 0.15) is 5.65 Å². The molecule has 2 aromatic heterocycles. The van der Waals surface area contributed by atoms with Crippen LogP contribution in [0.2, 0.25) is 0 Å².